The largest absolute Gasteiger partial charge is 0.465 e. The number of thioether (sulfide) groups is 1. The summed E-state index contributed by atoms with van der Waals surface area (Å²) in [5.74, 6) is -0.457. The number of hydrogen-bond acceptors (Lipinski definition) is 6. The first-order valence-electron chi connectivity index (χ1n) is 7.00. The lowest BCUT2D eigenvalue weighted by Gasteiger charge is -2.32. The number of rotatable bonds is 4. The lowest BCUT2D eigenvalue weighted by molar-refractivity contribution is -0.144. The summed E-state index contributed by atoms with van der Waals surface area (Å²) < 4.78 is 9.50. The Labute approximate surface area is 134 Å². The van der Waals surface area contributed by atoms with Crippen LogP contribution in [0.2, 0.25) is 0 Å². The van der Waals surface area contributed by atoms with E-state index in [-0.39, 0.29) is 5.57 Å². The van der Waals surface area contributed by atoms with Gasteiger partial charge in [-0.2, -0.15) is 0 Å². The lowest BCUT2D eigenvalue weighted by Crippen LogP contribution is -2.31. The lowest BCUT2D eigenvalue weighted by atomic mass is 10.2. The van der Waals surface area contributed by atoms with Crippen LogP contribution in [0.25, 0.3) is 0 Å². The smallest absolute Gasteiger partial charge is 0.348 e. The average molecular weight is 321 g/mol. The van der Waals surface area contributed by atoms with Gasteiger partial charge in [-0.25, -0.2) is 9.59 Å². The Balaban J connectivity index is 2.35. The molecule has 5 nitrogen and oxygen atoms in total. The van der Waals surface area contributed by atoms with E-state index in [1.807, 2.05) is 35.2 Å². The molecule has 0 unspecified atom stereocenters. The molecule has 2 rings (SSSR count). The summed E-state index contributed by atoms with van der Waals surface area (Å²) in [5, 5.41) is 0.633. The molecule has 118 valence electrons. The van der Waals surface area contributed by atoms with Gasteiger partial charge >= 0.3 is 11.9 Å². The molecule has 1 aliphatic rings. The number of ether oxygens (including phenoxy) is 2. The Morgan fingerprint density at radius 3 is 2.36 bits per heavy atom. The van der Waals surface area contributed by atoms with Crippen LogP contribution in [-0.4, -0.2) is 43.4 Å². The number of methoxy groups -OCH3 is 2. The molecule has 0 N–H and O–H groups in total. The molecule has 6 heteroatoms. The zero-order chi connectivity index (χ0) is 15.9. The van der Waals surface area contributed by atoms with Crippen molar-refractivity contribution in [1.29, 1.82) is 0 Å². The van der Waals surface area contributed by atoms with E-state index in [9.17, 15) is 9.59 Å². The van der Waals surface area contributed by atoms with Gasteiger partial charge in [0.2, 0.25) is 0 Å². The molecule has 0 amide bonds. The van der Waals surface area contributed by atoms with Gasteiger partial charge < -0.3 is 14.4 Å². The molecule has 1 fully saturated rings. The topological polar surface area (TPSA) is 55.8 Å². The molecule has 1 saturated heterocycles. The van der Waals surface area contributed by atoms with Gasteiger partial charge in [0.15, 0.2) is 5.57 Å². The predicted octanol–water partition coefficient (Wildman–Crippen LogP) is 2.18. The second-order valence-corrected chi connectivity index (χ2v) is 5.86. The first-order valence-corrected chi connectivity index (χ1v) is 7.98. The fourth-order valence-corrected chi connectivity index (χ4v) is 3.38. The molecule has 0 bridgehead atoms. The van der Waals surface area contributed by atoms with E-state index >= 15 is 0 Å². The minimum atomic E-state index is -0.658. The second kappa shape index (κ2) is 7.89. The van der Waals surface area contributed by atoms with Crippen LogP contribution < -0.4 is 0 Å². The Kier molecular flexibility index (Phi) is 5.89. The fraction of sp³-hybridized carbons (Fsp3) is 0.375. The van der Waals surface area contributed by atoms with E-state index in [0.717, 1.165) is 24.3 Å². The SMILES string of the molecule is COC(=O)C(C(=O)OC)=C1SCCCN1Cc1ccccc1. The first-order chi connectivity index (χ1) is 10.7. The Morgan fingerprint density at radius 1 is 1.14 bits per heavy atom. The first kappa shape index (κ1) is 16.4. The number of benzene rings is 1. The highest BCUT2D eigenvalue weighted by Gasteiger charge is 2.30. The van der Waals surface area contributed by atoms with Crippen LogP contribution in [0.5, 0.6) is 0 Å². The summed E-state index contributed by atoms with van der Waals surface area (Å²) in [6, 6.07) is 9.94. The standard InChI is InChI=1S/C16H19NO4S/c1-20-15(18)13(16(19)21-2)14-17(9-6-10-22-14)11-12-7-4-3-5-8-12/h3-5,7-8H,6,9-11H2,1-2H3. The maximum absolute atomic E-state index is 12.0. The fourth-order valence-electron chi connectivity index (χ4n) is 2.26. The van der Waals surface area contributed by atoms with Gasteiger partial charge in [0.05, 0.1) is 19.2 Å². The quantitative estimate of drug-likeness (QED) is 0.367. The van der Waals surface area contributed by atoms with Crippen molar-refractivity contribution in [3.8, 4) is 0 Å². The summed E-state index contributed by atoms with van der Waals surface area (Å²) in [5.41, 5.74) is 1.10. The van der Waals surface area contributed by atoms with Crippen LogP contribution in [0.1, 0.15) is 12.0 Å². The molecular weight excluding hydrogens is 302 g/mol. The minimum Gasteiger partial charge on any atom is -0.465 e. The van der Waals surface area contributed by atoms with E-state index in [4.69, 9.17) is 9.47 Å². The molecule has 0 saturated carbocycles. The van der Waals surface area contributed by atoms with Gasteiger partial charge in [0.1, 0.15) is 0 Å². The molecule has 0 radical (unpaired) electrons. The Bertz CT molecular complexity index is 553. The van der Waals surface area contributed by atoms with Gasteiger partial charge in [-0.1, -0.05) is 30.3 Å². The summed E-state index contributed by atoms with van der Waals surface area (Å²) >= 11 is 1.49. The number of esters is 2. The zero-order valence-corrected chi connectivity index (χ0v) is 13.5. The minimum absolute atomic E-state index is 0.0226. The Morgan fingerprint density at radius 2 is 1.77 bits per heavy atom. The molecule has 1 aliphatic heterocycles. The summed E-state index contributed by atoms with van der Waals surface area (Å²) in [6.45, 7) is 1.43. The van der Waals surface area contributed by atoms with E-state index in [1.54, 1.807) is 0 Å². The van der Waals surface area contributed by atoms with Crippen LogP contribution in [0.4, 0.5) is 0 Å². The highest BCUT2D eigenvalue weighted by atomic mass is 32.2. The second-order valence-electron chi connectivity index (χ2n) is 4.77. The van der Waals surface area contributed by atoms with Crippen molar-refractivity contribution in [3.05, 3.63) is 46.5 Å². The van der Waals surface area contributed by atoms with Gasteiger partial charge in [-0.05, 0) is 12.0 Å². The average Bonchev–Trinajstić information content (AvgIpc) is 2.57. The van der Waals surface area contributed by atoms with Crippen molar-refractivity contribution in [2.75, 3.05) is 26.5 Å². The third-order valence-electron chi connectivity index (χ3n) is 3.31. The predicted molar refractivity (Wildman–Crippen MR) is 85.0 cm³/mol. The van der Waals surface area contributed by atoms with Crippen molar-refractivity contribution < 1.29 is 19.1 Å². The molecule has 0 spiro atoms. The number of hydrogen-bond donors (Lipinski definition) is 0. The monoisotopic (exact) mass is 321 g/mol. The van der Waals surface area contributed by atoms with Crippen molar-refractivity contribution in [1.82, 2.24) is 4.90 Å². The van der Waals surface area contributed by atoms with Gasteiger partial charge in [-0.3, -0.25) is 0 Å². The van der Waals surface area contributed by atoms with E-state index in [2.05, 4.69) is 0 Å². The molecule has 1 aromatic rings. The third-order valence-corrected chi connectivity index (χ3v) is 4.54. The van der Waals surface area contributed by atoms with Gasteiger partial charge in [-0.15, -0.1) is 11.8 Å². The van der Waals surface area contributed by atoms with Crippen molar-refractivity contribution in [3.63, 3.8) is 0 Å². The van der Waals surface area contributed by atoms with E-state index in [0.29, 0.717) is 11.6 Å². The zero-order valence-electron chi connectivity index (χ0n) is 12.7. The maximum atomic E-state index is 12.0. The molecule has 1 aromatic carbocycles. The van der Waals surface area contributed by atoms with Crippen LogP contribution in [0, 0.1) is 0 Å². The summed E-state index contributed by atoms with van der Waals surface area (Å²) in [4.78, 5) is 26.0. The molecule has 1 heterocycles. The Hall–Kier alpha value is -1.95. The molecule has 0 aromatic heterocycles. The molecule has 22 heavy (non-hydrogen) atoms. The molecular formula is C16H19NO4S. The van der Waals surface area contributed by atoms with E-state index < -0.39 is 11.9 Å². The number of carbonyl (C=O) groups excluding carboxylic acids is 2. The maximum Gasteiger partial charge on any atom is 0.348 e. The summed E-state index contributed by atoms with van der Waals surface area (Å²) in [7, 11) is 2.53. The molecule has 0 atom stereocenters. The van der Waals surface area contributed by atoms with Gasteiger partial charge in [0.25, 0.3) is 0 Å². The molecule has 0 aliphatic carbocycles. The third kappa shape index (κ3) is 3.82. The van der Waals surface area contributed by atoms with Crippen LogP contribution in [0.3, 0.4) is 0 Å². The highest BCUT2D eigenvalue weighted by molar-refractivity contribution is 8.03. The van der Waals surface area contributed by atoms with Crippen LogP contribution >= 0.6 is 11.8 Å². The van der Waals surface area contributed by atoms with E-state index in [1.165, 1.54) is 26.0 Å². The van der Waals surface area contributed by atoms with Crippen molar-refractivity contribution in [2.45, 2.75) is 13.0 Å². The highest BCUT2D eigenvalue weighted by Crippen LogP contribution is 2.32. The van der Waals surface area contributed by atoms with Crippen molar-refractivity contribution >= 4 is 23.7 Å². The van der Waals surface area contributed by atoms with Crippen LogP contribution in [0.15, 0.2) is 40.9 Å². The van der Waals surface area contributed by atoms with Crippen LogP contribution in [-0.2, 0) is 25.6 Å². The number of nitrogens with zero attached hydrogens (tertiary/aromatic N) is 1. The number of carbonyl (C=O) groups is 2. The normalized spacial score (nSPS) is 14.5. The van der Waals surface area contributed by atoms with Gasteiger partial charge in [0, 0.05) is 18.8 Å². The summed E-state index contributed by atoms with van der Waals surface area (Å²) in [6.07, 6.45) is 0.997. The van der Waals surface area contributed by atoms with Crippen molar-refractivity contribution in [2.24, 2.45) is 0 Å².